The van der Waals surface area contributed by atoms with E-state index in [4.69, 9.17) is 0 Å². The van der Waals surface area contributed by atoms with Crippen molar-refractivity contribution in [2.45, 2.75) is 31.9 Å². The molecule has 5 heteroatoms. The molecule has 2 bridgehead atoms. The predicted molar refractivity (Wildman–Crippen MR) is 199 cm³/mol. The van der Waals surface area contributed by atoms with Gasteiger partial charge in [-0.3, -0.25) is 0 Å². The van der Waals surface area contributed by atoms with Crippen molar-refractivity contribution in [3.63, 3.8) is 0 Å². The molecule has 0 saturated carbocycles. The Labute approximate surface area is 275 Å². The molecule has 0 nitrogen and oxygen atoms in total. The molecule has 44 heavy (non-hydrogen) atoms. The maximum atomic E-state index is 2.41. The molecule has 6 aromatic carbocycles. The maximum Gasteiger partial charge on any atom is 0.0238 e. The van der Waals surface area contributed by atoms with Crippen LogP contribution in [0.2, 0.25) is 0 Å². The lowest BCUT2D eigenvalue weighted by Crippen LogP contribution is -2.28. The number of thioether (sulfide) groups is 3. The van der Waals surface area contributed by atoms with Crippen molar-refractivity contribution in [1.29, 1.82) is 0 Å². The Kier molecular flexibility index (Phi) is 8.42. The van der Waals surface area contributed by atoms with Gasteiger partial charge in [0.25, 0.3) is 0 Å². The van der Waals surface area contributed by atoms with Crippen LogP contribution in [-0.4, -0.2) is 0 Å². The fourth-order valence-electron chi connectivity index (χ4n) is 6.09. The van der Waals surface area contributed by atoms with Gasteiger partial charge in [-0.2, -0.15) is 0 Å². The molecular formula is C39H30P2S3. The highest BCUT2D eigenvalue weighted by molar-refractivity contribution is 8.01. The third-order valence-electron chi connectivity index (χ3n) is 8.17. The first-order valence-electron chi connectivity index (χ1n) is 14.8. The number of hydrogen-bond donors (Lipinski definition) is 0. The number of fused-ring (bicyclic) bond motifs is 3. The highest BCUT2D eigenvalue weighted by Gasteiger charge is 2.29. The Morgan fingerprint density at radius 2 is 0.545 bits per heavy atom. The van der Waals surface area contributed by atoms with Gasteiger partial charge in [-0.1, -0.05) is 127 Å². The third-order valence-corrected chi connectivity index (χ3v) is 17.4. The van der Waals surface area contributed by atoms with Crippen LogP contribution in [0.5, 0.6) is 0 Å². The van der Waals surface area contributed by atoms with Gasteiger partial charge in [-0.15, -0.1) is 35.3 Å². The second-order valence-corrected chi connectivity index (χ2v) is 18.1. The van der Waals surface area contributed by atoms with E-state index in [1.807, 2.05) is 35.3 Å². The van der Waals surface area contributed by atoms with Crippen molar-refractivity contribution in [2.75, 3.05) is 0 Å². The monoisotopic (exact) mass is 656 g/mol. The molecule has 0 spiro atoms. The average Bonchev–Trinajstić information content (AvgIpc) is 3.08. The van der Waals surface area contributed by atoms with Gasteiger partial charge in [0.05, 0.1) is 0 Å². The Bertz CT molecular complexity index is 1600. The summed E-state index contributed by atoms with van der Waals surface area (Å²) in [5, 5.41) is 8.84. The molecule has 0 aliphatic carbocycles. The molecule has 0 unspecified atom stereocenters. The van der Waals surface area contributed by atoms with Gasteiger partial charge >= 0.3 is 0 Å². The summed E-state index contributed by atoms with van der Waals surface area (Å²) in [5.74, 6) is 2.85. The Morgan fingerprint density at radius 1 is 0.295 bits per heavy atom. The summed E-state index contributed by atoms with van der Waals surface area (Å²) in [6.45, 7) is 0. The third kappa shape index (κ3) is 5.49. The van der Waals surface area contributed by atoms with E-state index >= 15 is 0 Å². The lowest BCUT2D eigenvalue weighted by Gasteiger charge is -2.29. The number of rotatable bonds is 0. The van der Waals surface area contributed by atoms with Gasteiger partial charge in [-0.05, 0) is 82.6 Å². The van der Waals surface area contributed by atoms with E-state index in [0.717, 1.165) is 17.3 Å². The normalized spacial score (nSPS) is 17.5. The first-order valence-corrected chi connectivity index (χ1v) is 20.5. The van der Waals surface area contributed by atoms with Crippen LogP contribution < -0.4 is 31.8 Å². The smallest absolute Gasteiger partial charge is 0.0238 e. The van der Waals surface area contributed by atoms with Crippen LogP contribution in [-0.2, 0) is 17.3 Å². The lowest BCUT2D eigenvalue weighted by atomic mass is 10.2. The molecule has 3 heterocycles. The summed E-state index contributed by atoms with van der Waals surface area (Å²) < 4.78 is 0. The van der Waals surface area contributed by atoms with Gasteiger partial charge in [0.15, 0.2) is 0 Å². The van der Waals surface area contributed by atoms with Gasteiger partial charge in [-0.25, -0.2) is 0 Å². The second kappa shape index (κ2) is 12.9. The van der Waals surface area contributed by atoms with Crippen molar-refractivity contribution in [3.8, 4) is 0 Å². The molecule has 0 amide bonds. The van der Waals surface area contributed by atoms with E-state index in [1.54, 1.807) is 0 Å². The fraction of sp³-hybridized carbons (Fsp3) is 0.0769. The van der Waals surface area contributed by atoms with Crippen LogP contribution in [0, 0.1) is 0 Å². The quantitative estimate of drug-likeness (QED) is 0.150. The summed E-state index contributed by atoms with van der Waals surface area (Å²) in [4.78, 5) is 4.19. The standard InChI is InChI=1S/C39H30P2S3/c1-4-16-31-28(13-1)25-42-37-22-10-7-19-34(37)41-35-20-8-11-23-38(35)43-26-29-14-2-5-17-32(29)40(31)33-18-6-3-15-30(33)27-44-39-24-12-9-21-36(39)41/h1-24H,25-27H2. The van der Waals surface area contributed by atoms with E-state index < -0.39 is 15.8 Å². The SMILES string of the molecule is c1ccc2c(c1)CSc1ccccc1P1c3ccccc3SCc3ccccc3P2c2ccccc2CSc2ccccc21. The van der Waals surface area contributed by atoms with Crippen LogP contribution in [0.1, 0.15) is 16.7 Å². The Morgan fingerprint density at radius 3 is 0.886 bits per heavy atom. The average molecular weight is 657 g/mol. The summed E-state index contributed by atoms with van der Waals surface area (Å²) in [5.41, 5.74) is 4.34. The maximum absolute atomic E-state index is 2.41. The molecule has 0 radical (unpaired) electrons. The summed E-state index contributed by atoms with van der Waals surface area (Å²) in [7, 11) is -1.56. The molecule has 3 aliphatic rings. The number of benzene rings is 6. The van der Waals surface area contributed by atoms with Gasteiger partial charge in [0, 0.05) is 31.9 Å². The van der Waals surface area contributed by atoms with E-state index in [1.165, 1.54) is 63.2 Å². The minimum atomic E-state index is -0.792. The zero-order valence-corrected chi connectivity index (χ0v) is 28.3. The van der Waals surface area contributed by atoms with Crippen LogP contribution in [0.25, 0.3) is 0 Å². The second-order valence-electron chi connectivity index (χ2n) is 10.8. The lowest BCUT2D eigenvalue weighted by molar-refractivity contribution is 1.40. The minimum absolute atomic E-state index is 0.769. The summed E-state index contributed by atoms with van der Waals surface area (Å²) in [6.07, 6.45) is 0. The fourth-order valence-corrected chi connectivity index (χ4v) is 15.8. The Hall–Kier alpha value is -2.77. The van der Waals surface area contributed by atoms with Crippen LogP contribution >= 0.6 is 51.1 Å². The molecule has 6 aromatic rings. The summed E-state index contributed by atoms with van der Waals surface area (Å²) in [6, 6.07) is 55.5. The zero-order chi connectivity index (χ0) is 29.3. The molecular weight excluding hydrogens is 627 g/mol. The highest BCUT2D eigenvalue weighted by Crippen LogP contribution is 2.46. The first-order chi connectivity index (χ1) is 21.8. The molecule has 0 N–H and O–H groups in total. The minimum Gasteiger partial charge on any atom is -0.121 e. The summed E-state index contributed by atoms with van der Waals surface area (Å²) >= 11 is 6.03. The molecule has 0 fully saturated rings. The van der Waals surface area contributed by atoms with Crippen molar-refractivity contribution < 1.29 is 0 Å². The molecule has 0 saturated heterocycles. The van der Waals surface area contributed by atoms with Crippen LogP contribution in [0.15, 0.2) is 160 Å². The van der Waals surface area contributed by atoms with Crippen LogP contribution in [0.4, 0.5) is 0 Å². The molecule has 0 aromatic heterocycles. The van der Waals surface area contributed by atoms with Gasteiger partial charge < -0.3 is 0 Å². The van der Waals surface area contributed by atoms with Crippen molar-refractivity contribution in [1.82, 2.24) is 0 Å². The van der Waals surface area contributed by atoms with Crippen molar-refractivity contribution in [2.24, 2.45) is 0 Å². The first kappa shape index (κ1) is 28.7. The van der Waals surface area contributed by atoms with Crippen molar-refractivity contribution >= 4 is 83.0 Å². The van der Waals surface area contributed by atoms with Crippen molar-refractivity contribution in [3.05, 3.63) is 162 Å². The highest BCUT2D eigenvalue weighted by atomic mass is 32.2. The molecule has 0 atom stereocenters. The van der Waals surface area contributed by atoms with E-state index in [9.17, 15) is 0 Å². The number of hydrogen-bond acceptors (Lipinski definition) is 3. The van der Waals surface area contributed by atoms with Crippen LogP contribution in [0.3, 0.4) is 0 Å². The topological polar surface area (TPSA) is 0 Å². The largest absolute Gasteiger partial charge is 0.121 e. The van der Waals surface area contributed by atoms with E-state index in [-0.39, 0.29) is 0 Å². The molecule has 3 aliphatic heterocycles. The Balaban J connectivity index is 1.48. The predicted octanol–water partition coefficient (Wildman–Crippen LogP) is 8.71. The van der Waals surface area contributed by atoms with Gasteiger partial charge in [0.2, 0.25) is 0 Å². The molecule has 214 valence electrons. The van der Waals surface area contributed by atoms with Gasteiger partial charge in [0.1, 0.15) is 0 Å². The van der Waals surface area contributed by atoms with E-state index in [0.29, 0.717) is 0 Å². The van der Waals surface area contributed by atoms with E-state index in [2.05, 4.69) is 146 Å². The molecule has 9 rings (SSSR count). The zero-order valence-electron chi connectivity index (χ0n) is 24.1.